The molecule has 1 aliphatic carbocycles. The van der Waals surface area contributed by atoms with Crippen LogP contribution in [0.2, 0.25) is 0 Å². The minimum atomic E-state index is -0.124. The van der Waals surface area contributed by atoms with Crippen LogP contribution in [0, 0.1) is 47.4 Å². The van der Waals surface area contributed by atoms with E-state index in [2.05, 4.69) is 118 Å². The molecule has 10 aromatic rings. The highest BCUT2D eigenvalue weighted by atomic mass is 14.8. The van der Waals surface area contributed by atoms with Crippen molar-refractivity contribution in [3.63, 3.8) is 0 Å². The Hall–Kier alpha value is -9.98. The van der Waals surface area contributed by atoms with Crippen molar-refractivity contribution in [1.29, 1.82) is 0 Å². The van der Waals surface area contributed by atoms with Gasteiger partial charge in [0.05, 0.1) is 45.6 Å². The highest BCUT2D eigenvalue weighted by Gasteiger charge is 2.42. The van der Waals surface area contributed by atoms with E-state index in [1.165, 1.54) is 22.3 Å². The normalized spacial score (nSPS) is 11.5. The molecule has 0 atom stereocenters. The molecule has 0 unspecified atom stereocenters. The fourth-order valence-electron chi connectivity index (χ4n) is 9.81. The summed E-state index contributed by atoms with van der Waals surface area (Å²) in [7, 11) is 0. The molecule has 1 aliphatic rings. The fourth-order valence-corrected chi connectivity index (χ4v) is 9.81. The van der Waals surface area contributed by atoms with Crippen LogP contribution in [0.25, 0.3) is 56.7 Å². The Labute approximate surface area is 439 Å². The highest BCUT2D eigenvalue weighted by molar-refractivity contribution is 5.83. The van der Waals surface area contributed by atoms with Crippen LogP contribution in [-0.2, 0) is 5.41 Å². The average molecular weight is 961 g/mol. The zero-order valence-electron chi connectivity index (χ0n) is 41.6. The van der Waals surface area contributed by atoms with Gasteiger partial charge in [0, 0.05) is 74.7 Å². The summed E-state index contributed by atoms with van der Waals surface area (Å²) in [6.07, 6.45) is 11.3. The molecule has 6 aromatic heterocycles. The summed E-state index contributed by atoms with van der Waals surface area (Å²) < 4.78 is 0. The first-order valence-electron chi connectivity index (χ1n) is 25.3. The van der Waals surface area contributed by atoms with Crippen LogP contribution in [0.3, 0.4) is 0 Å². The molecule has 75 heavy (non-hydrogen) atoms. The smallest absolute Gasteiger partial charge is 0.0906 e. The largest absolute Gasteiger partial charge is 0.255 e. The van der Waals surface area contributed by atoms with E-state index >= 15 is 0 Å². The summed E-state index contributed by atoms with van der Waals surface area (Å²) in [5.74, 6) is 27.3. The predicted octanol–water partition coefficient (Wildman–Crippen LogP) is 14.2. The van der Waals surface area contributed by atoms with Gasteiger partial charge in [0.1, 0.15) is 0 Å². The summed E-state index contributed by atoms with van der Waals surface area (Å²) in [6.45, 7) is 4.58. The summed E-state index contributed by atoms with van der Waals surface area (Å²) in [6, 6.07) is 60.9. The second-order valence-electron chi connectivity index (χ2n) is 18.4. The van der Waals surface area contributed by atoms with E-state index in [0.717, 1.165) is 116 Å². The van der Waals surface area contributed by atoms with Crippen LogP contribution in [0.1, 0.15) is 95.2 Å². The lowest BCUT2D eigenvalue weighted by molar-refractivity contribution is 0.435. The molecule has 11 rings (SSSR count). The summed E-state index contributed by atoms with van der Waals surface area (Å²) in [5, 5.41) is 0. The minimum absolute atomic E-state index is 0.124. The van der Waals surface area contributed by atoms with Gasteiger partial charge in [0.2, 0.25) is 0 Å². The van der Waals surface area contributed by atoms with E-state index in [4.69, 9.17) is 9.97 Å². The summed E-state index contributed by atoms with van der Waals surface area (Å²) >= 11 is 0. The molecule has 0 aliphatic heterocycles. The number of aromatic nitrogens is 6. The first-order chi connectivity index (χ1) is 37.0. The predicted molar refractivity (Wildman–Crippen MR) is 301 cm³/mol. The molecule has 6 nitrogen and oxygen atoms in total. The molecule has 6 heteroatoms. The highest BCUT2D eigenvalue weighted by Crippen LogP contribution is 2.54. The van der Waals surface area contributed by atoms with E-state index in [1.807, 2.05) is 146 Å². The topological polar surface area (TPSA) is 77.3 Å². The Morgan fingerprint density at radius 2 is 0.573 bits per heavy atom. The van der Waals surface area contributed by atoms with Gasteiger partial charge in [-0.05, 0) is 181 Å². The monoisotopic (exact) mass is 960 g/mol. The molecular formula is C69H48N6. The Morgan fingerprint density at radius 3 is 0.853 bits per heavy atom. The van der Waals surface area contributed by atoms with Gasteiger partial charge in [0.15, 0.2) is 0 Å². The van der Waals surface area contributed by atoms with Crippen molar-refractivity contribution in [3.8, 4) is 104 Å². The Morgan fingerprint density at radius 1 is 0.293 bits per heavy atom. The van der Waals surface area contributed by atoms with Crippen molar-refractivity contribution in [3.05, 3.63) is 262 Å². The molecule has 6 heterocycles. The summed E-state index contributed by atoms with van der Waals surface area (Å²) in [5.41, 5.74) is 18.6. The average Bonchev–Trinajstić information content (AvgIpc) is 3.75. The molecule has 0 spiro atoms. The third-order valence-electron chi connectivity index (χ3n) is 13.2. The molecule has 0 saturated heterocycles. The third kappa shape index (κ3) is 10.7. The zero-order chi connectivity index (χ0) is 50.8. The lowest BCUT2D eigenvalue weighted by Crippen LogP contribution is -2.25. The second-order valence-corrected chi connectivity index (χ2v) is 18.4. The van der Waals surface area contributed by atoms with Gasteiger partial charge in [-0.15, -0.1) is 0 Å². The molecule has 0 radical (unpaired) electrons. The van der Waals surface area contributed by atoms with Gasteiger partial charge in [0.25, 0.3) is 0 Å². The van der Waals surface area contributed by atoms with E-state index < -0.39 is 0 Å². The van der Waals surface area contributed by atoms with Crippen LogP contribution < -0.4 is 0 Å². The van der Waals surface area contributed by atoms with Crippen LogP contribution in [-0.4, -0.2) is 29.9 Å². The summed E-state index contributed by atoms with van der Waals surface area (Å²) in [4.78, 5) is 27.9. The maximum absolute atomic E-state index is 4.87. The lowest BCUT2D eigenvalue weighted by atomic mass is 9.71. The maximum Gasteiger partial charge on any atom is 0.0906 e. The van der Waals surface area contributed by atoms with Crippen molar-refractivity contribution in [2.24, 2.45) is 0 Å². The molecule has 4 aromatic carbocycles. The van der Waals surface area contributed by atoms with Crippen molar-refractivity contribution in [1.82, 2.24) is 29.9 Å². The van der Waals surface area contributed by atoms with Gasteiger partial charge in [-0.2, -0.15) is 0 Å². The van der Waals surface area contributed by atoms with Crippen molar-refractivity contribution >= 4 is 0 Å². The number of rotatable bonds is 8. The van der Waals surface area contributed by atoms with Crippen molar-refractivity contribution in [2.75, 3.05) is 0 Å². The van der Waals surface area contributed by atoms with Crippen LogP contribution in [0.5, 0.6) is 0 Å². The first kappa shape index (κ1) is 47.4. The second kappa shape index (κ2) is 21.8. The van der Waals surface area contributed by atoms with E-state index in [1.54, 1.807) is 24.8 Å². The number of fused-ring (bicyclic) bond motifs is 3. The van der Waals surface area contributed by atoms with Crippen molar-refractivity contribution in [2.45, 2.75) is 44.9 Å². The standard InChI is InChI=1S/C69H48N6/c1-3-37-69(38-4-2)59-43-53(29-25-49-17-21-51(22-18-49)27-31-55-45-65(61-13-5-9-39-70-61)74-66(46-55)62-14-6-10-40-71-62)33-35-57(59)58-36-34-54(44-60(58)69)30-26-50-19-23-52(24-20-50)28-32-56-47-67(63-15-7-11-41-72-63)75-68(48-56)64-16-8-12-42-73-64/h5-24,33-36,39-48H,3-4,37-38H2,1-2H3. The Balaban J connectivity index is 0.811. The minimum Gasteiger partial charge on any atom is -0.255 e. The first-order valence-corrected chi connectivity index (χ1v) is 25.3. The molecule has 0 bridgehead atoms. The molecular weight excluding hydrogens is 913 g/mol. The van der Waals surface area contributed by atoms with E-state index in [9.17, 15) is 0 Å². The third-order valence-corrected chi connectivity index (χ3v) is 13.2. The lowest BCUT2D eigenvalue weighted by Gasteiger charge is -2.32. The molecule has 0 amide bonds. The van der Waals surface area contributed by atoms with Crippen LogP contribution in [0.15, 0.2) is 207 Å². The van der Waals surface area contributed by atoms with Crippen molar-refractivity contribution < 1.29 is 0 Å². The quantitative estimate of drug-likeness (QED) is 0.141. The Kier molecular flexibility index (Phi) is 13.8. The SMILES string of the molecule is CCCC1(CCC)c2cc(C#Cc3ccc(C#Cc4cc(-c5ccccn5)nc(-c5ccccn5)c4)cc3)ccc2-c2ccc(C#Cc3ccc(C#Cc4cc(-c5ccccn5)nc(-c5ccccn5)c4)cc3)cc21. The Bertz CT molecular complexity index is 3580. The maximum atomic E-state index is 4.87. The molecule has 354 valence electrons. The number of benzene rings is 4. The van der Waals surface area contributed by atoms with E-state index in [-0.39, 0.29) is 5.41 Å². The zero-order valence-corrected chi connectivity index (χ0v) is 41.6. The van der Waals surface area contributed by atoms with Gasteiger partial charge in [-0.1, -0.05) is 110 Å². The number of nitrogens with zero attached hydrogens (tertiary/aromatic N) is 6. The van der Waals surface area contributed by atoms with Gasteiger partial charge in [-0.25, -0.2) is 9.97 Å². The van der Waals surface area contributed by atoms with Crippen LogP contribution >= 0.6 is 0 Å². The van der Waals surface area contributed by atoms with E-state index in [0.29, 0.717) is 0 Å². The number of hydrogen-bond donors (Lipinski definition) is 0. The van der Waals surface area contributed by atoms with Gasteiger partial charge < -0.3 is 0 Å². The molecule has 0 saturated carbocycles. The number of pyridine rings is 6. The molecule has 0 N–H and O–H groups in total. The van der Waals surface area contributed by atoms with Crippen LogP contribution in [0.4, 0.5) is 0 Å². The van der Waals surface area contributed by atoms with Gasteiger partial charge >= 0.3 is 0 Å². The van der Waals surface area contributed by atoms with Gasteiger partial charge in [-0.3, -0.25) is 19.9 Å². The molecule has 0 fully saturated rings. The fraction of sp³-hybridized carbons (Fsp3) is 0.101. The number of hydrogen-bond acceptors (Lipinski definition) is 6.